The Labute approximate surface area is 102 Å². The van der Waals surface area contributed by atoms with Crippen molar-refractivity contribution in [3.8, 4) is 6.07 Å². The third kappa shape index (κ3) is 2.42. The van der Waals surface area contributed by atoms with Gasteiger partial charge in [0.1, 0.15) is 6.17 Å². The van der Waals surface area contributed by atoms with E-state index in [0.29, 0.717) is 0 Å². The molecular weight excluding hydrogens is 216 g/mol. The predicted octanol–water partition coefficient (Wildman–Crippen LogP) is 2.25. The Morgan fingerprint density at radius 3 is 2.65 bits per heavy atom. The van der Waals surface area contributed by atoms with Crippen LogP contribution in [0.2, 0.25) is 0 Å². The summed E-state index contributed by atoms with van der Waals surface area (Å²) in [6.45, 7) is 2.90. The minimum absolute atomic E-state index is 0.0391. The first kappa shape index (κ1) is 12.3. The van der Waals surface area contributed by atoms with Gasteiger partial charge in [-0.3, -0.25) is 4.90 Å². The van der Waals surface area contributed by atoms with Gasteiger partial charge in [-0.2, -0.15) is 5.26 Å². The highest BCUT2D eigenvalue weighted by molar-refractivity contribution is 4.97. The van der Waals surface area contributed by atoms with Gasteiger partial charge in [0.2, 0.25) is 0 Å². The highest BCUT2D eigenvalue weighted by Crippen LogP contribution is 2.29. The van der Waals surface area contributed by atoms with Crippen LogP contribution in [-0.2, 0) is 0 Å². The molecule has 2 rings (SSSR count). The van der Waals surface area contributed by atoms with Crippen LogP contribution < -0.4 is 0 Å². The van der Waals surface area contributed by atoms with E-state index in [1.807, 2.05) is 6.92 Å². The summed E-state index contributed by atoms with van der Waals surface area (Å²) in [6, 6.07) is 2.55. The summed E-state index contributed by atoms with van der Waals surface area (Å²) in [7, 11) is 0. The van der Waals surface area contributed by atoms with Crippen molar-refractivity contribution in [3.63, 3.8) is 0 Å². The summed E-state index contributed by atoms with van der Waals surface area (Å²) < 4.78 is 0. The molecule has 5 nitrogen and oxygen atoms in total. The first-order chi connectivity index (χ1) is 8.27. The van der Waals surface area contributed by atoms with Crippen molar-refractivity contribution >= 4 is 0 Å². The Balaban J connectivity index is 2.03. The fraction of sp³-hybridized carbons (Fsp3) is 0.917. The number of hydrogen-bond donors (Lipinski definition) is 0. The summed E-state index contributed by atoms with van der Waals surface area (Å²) in [6.07, 6.45) is 6.40. The van der Waals surface area contributed by atoms with Crippen LogP contribution in [0.5, 0.6) is 0 Å². The highest BCUT2D eigenvalue weighted by atomic mass is 16.3. The molecule has 1 heterocycles. The standard InChI is InChI=1S/C12H20N4O/c1-10(15-8-4-7-12(15)9-13)16(14-17)11-5-2-3-6-11/h10-12H,2-8H2,1H3. The Bertz CT molecular complexity index is 308. The number of likely N-dealkylation sites (tertiary alicyclic amines) is 1. The molecule has 94 valence electrons. The number of rotatable bonds is 4. The molecule has 1 saturated carbocycles. The fourth-order valence-electron chi connectivity index (χ4n) is 3.14. The molecule has 2 unspecified atom stereocenters. The van der Waals surface area contributed by atoms with Gasteiger partial charge in [-0.15, -0.1) is 4.91 Å². The molecular formula is C12H20N4O. The average Bonchev–Trinajstić information content (AvgIpc) is 3.00. The molecule has 0 bridgehead atoms. The lowest BCUT2D eigenvalue weighted by molar-refractivity contribution is 0.0272. The molecule has 5 heteroatoms. The molecule has 0 aromatic heterocycles. The van der Waals surface area contributed by atoms with Gasteiger partial charge in [0.05, 0.1) is 23.4 Å². The van der Waals surface area contributed by atoms with Crippen LogP contribution >= 0.6 is 0 Å². The van der Waals surface area contributed by atoms with Crippen LogP contribution in [0.1, 0.15) is 45.4 Å². The molecule has 2 atom stereocenters. The van der Waals surface area contributed by atoms with Crippen molar-refractivity contribution in [2.45, 2.75) is 63.7 Å². The molecule has 17 heavy (non-hydrogen) atoms. The van der Waals surface area contributed by atoms with Gasteiger partial charge in [-0.25, -0.2) is 5.01 Å². The van der Waals surface area contributed by atoms with E-state index in [9.17, 15) is 4.91 Å². The first-order valence-corrected chi connectivity index (χ1v) is 6.55. The van der Waals surface area contributed by atoms with Gasteiger partial charge >= 0.3 is 0 Å². The second kappa shape index (κ2) is 5.46. The molecule has 1 aliphatic carbocycles. The van der Waals surface area contributed by atoms with Gasteiger partial charge in [-0.1, -0.05) is 12.8 Å². The quantitative estimate of drug-likeness (QED) is 0.555. The Morgan fingerprint density at radius 2 is 2.06 bits per heavy atom. The number of nitrogens with zero attached hydrogens (tertiary/aromatic N) is 4. The molecule has 0 N–H and O–H groups in total. The zero-order valence-electron chi connectivity index (χ0n) is 10.4. The zero-order chi connectivity index (χ0) is 12.3. The molecule has 0 aromatic rings. The molecule has 1 saturated heterocycles. The van der Waals surface area contributed by atoms with Gasteiger partial charge < -0.3 is 0 Å². The third-order valence-electron chi connectivity index (χ3n) is 4.10. The van der Waals surface area contributed by atoms with Crippen LogP contribution in [0.25, 0.3) is 0 Å². The van der Waals surface area contributed by atoms with Crippen LogP contribution in [0.15, 0.2) is 5.29 Å². The van der Waals surface area contributed by atoms with E-state index >= 15 is 0 Å². The van der Waals surface area contributed by atoms with Crippen LogP contribution in [0.3, 0.4) is 0 Å². The van der Waals surface area contributed by atoms with E-state index in [1.165, 1.54) is 12.8 Å². The Hall–Kier alpha value is -1.15. The van der Waals surface area contributed by atoms with E-state index in [2.05, 4.69) is 16.3 Å². The third-order valence-corrected chi connectivity index (χ3v) is 4.10. The van der Waals surface area contributed by atoms with Crippen LogP contribution in [0.4, 0.5) is 0 Å². The monoisotopic (exact) mass is 236 g/mol. The van der Waals surface area contributed by atoms with Crippen molar-refractivity contribution in [1.29, 1.82) is 5.26 Å². The second-order valence-electron chi connectivity index (χ2n) is 5.06. The van der Waals surface area contributed by atoms with Crippen molar-refractivity contribution in [3.05, 3.63) is 4.91 Å². The van der Waals surface area contributed by atoms with Crippen molar-refractivity contribution in [2.24, 2.45) is 5.29 Å². The maximum Gasteiger partial charge on any atom is 0.101 e. The molecule has 2 aliphatic rings. The fourth-order valence-corrected chi connectivity index (χ4v) is 3.14. The van der Waals surface area contributed by atoms with E-state index < -0.39 is 0 Å². The largest absolute Gasteiger partial charge is 0.266 e. The van der Waals surface area contributed by atoms with Gasteiger partial charge in [-0.05, 0) is 32.6 Å². The summed E-state index contributed by atoms with van der Waals surface area (Å²) in [5.41, 5.74) is 0. The summed E-state index contributed by atoms with van der Waals surface area (Å²) in [4.78, 5) is 13.2. The van der Waals surface area contributed by atoms with Crippen molar-refractivity contribution < 1.29 is 0 Å². The van der Waals surface area contributed by atoms with E-state index in [-0.39, 0.29) is 18.2 Å². The highest BCUT2D eigenvalue weighted by Gasteiger charge is 2.35. The topological polar surface area (TPSA) is 59.7 Å². The number of nitriles is 1. The van der Waals surface area contributed by atoms with Crippen LogP contribution in [-0.4, -0.2) is 34.7 Å². The predicted molar refractivity (Wildman–Crippen MR) is 64.7 cm³/mol. The minimum Gasteiger partial charge on any atom is -0.266 e. The molecule has 2 fully saturated rings. The number of nitroso groups, excluding NO2 is 1. The van der Waals surface area contributed by atoms with E-state index in [0.717, 1.165) is 32.2 Å². The van der Waals surface area contributed by atoms with Gasteiger partial charge in [0.15, 0.2) is 0 Å². The Kier molecular flexibility index (Phi) is 3.95. The summed E-state index contributed by atoms with van der Waals surface area (Å²) in [5.74, 6) is 0. The summed E-state index contributed by atoms with van der Waals surface area (Å²) >= 11 is 0. The zero-order valence-corrected chi connectivity index (χ0v) is 10.4. The molecule has 1 aliphatic heterocycles. The van der Waals surface area contributed by atoms with E-state index in [4.69, 9.17) is 5.26 Å². The van der Waals surface area contributed by atoms with E-state index in [1.54, 1.807) is 5.01 Å². The normalized spacial score (nSPS) is 27.9. The SMILES string of the molecule is CC(N1CCCC1C#N)N(N=O)C1CCCC1. The maximum atomic E-state index is 11.1. The maximum absolute atomic E-state index is 11.1. The van der Waals surface area contributed by atoms with Crippen LogP contribution in [0, 0.1) is 16.2 Å². The lowest BCUT2D eigenvalue weighted by Crippen LogP contribution is -2.49. The summed E-state index contributed by atoms with van der Waals surface area (Å²) in [5, 5.41) is 14.0. The van der Waals surface area contributed by atoms with Crippen molar-refractivity contribution in [2.75, 3.05) is 6.54 Å². The molecule has 0 aromatic carbocycles. The average molecular weight is 236 g/mol. The molecule has 0 radical (unpaired) electrons. The lowest BCUT2D eigenvalue weighted by atomic mass is 10.2. The first-order valence-electron chi connectivity index (χ1n) is 6.55. The second-order valence-corrected chi connectivity index (χ2v) is 5.06. The van der Waals surface area contributed by atoms with Gasteiger partial charge in [0, 0.05) is 6.54 Å². The van der Waals surface area contributed by atoms with Crippen molar-refractivity contribution in [1.82, 2.24) is 9.91 Å². The Morgan fingerprint density at radius 1 is 1.35 bits per heavy atom. The van der Waals surface area contributed by atoms with Gasteiger partial charge in [0.25, 0.3) is 0 Å². The minimum atomic E-state index is -0.0457. The molecule has 0 amide bonds. The number of hydrogen-bond acceptors (Lipinski definition) is 4. The molecule has 0 spiro atoms. The lowest BCUT2D eigenvalue weighted by Gasteiger charge is -2.36. The smallest absolute Gasteiger partial charge is 0.101 e.